The molecular weight excluding hydrogens is 303 g/mol. The molecule has 0 saturated carbocycles. The fourth-order valence-electron chi connectivity index (χ4n) is 2.72. The van der Waals surface area contributed by atoms with Crippen LogP contribution in [0, 0.1) is 5.92 Å². The van der Waals surface area contributed by atoms with Gasteiger partial charge in [0, 0.05) is 17.2 Å². The van der Waals surface area contributed by atoms with Gasteiger partial charge in [-0.25, -0.2) is 0 Å². The van der Waals surface area contributed by atoms with E-state index in [4.69, 9.17) is 23.2 Å². The molecule has 2 nitrogen and oxygen atoms in total. The van der Waals surface area contributed by atoms with Crippen molar-refractivity contribution in [3.05, 3.63) is 64.1 Å². The SMILES string of the molecule is CC[C@@H]1C=NN(c2ccccc2Cl)[C@H]1c1ccc(Cl)cc1. The lowest BCUT2D eigenvalue weighted by Gasteiger charge is -2.28. The summed E-state index contributed by atoms with van der Waals surface area (Å²) in [4.78, 5) is 0. The van der Waals surface area contributed by atoms with Crippen LogP contribution in [0.1, 0.15) is 24.9 Å². The minimum absolute atomic E-state index is 0.159. The Bertz CT molecular complexity index is 652. The van der Waals surface area contributed by atoms with E-state index in [-0.39, 0.29) is 6.04 Å². The molecule has 0 radical (unpaired) electrons. The molecule has 1 aliphatic rings. The fraction of sp³-hybridized carbons (Fsp3) is 0.235. The monoisotopic (exact) mass is 318 g/mol. The fourth-order valence-corrected chi connectivity index (χ4v) is 3.07. The van der Waals surface area contributed by atoms with Crippen molar-refractivity contribution in [1.29, 1.82) is 0 Å². The molecule has 0 amide bonds. The van der Waals surface area contributed by atoms with Crippen LogP contribution >= 0.6 is 23.2 Å². The van der Waals surface area contributed by atoms with Gasteiger partial charge in [-0.1, -0.05) is 54.4 Å². The molecule has 2 atom stereocenters. The first-order chi connectivity index (χ1) is 10.2. The van der Waals surface area contributed by atoms with Crippen molar-refractivity contribution in [2.24, 2.45) is 11.0 Å². The van der Waals surface area contributed by atoms with Gasteiger partial charge in [-0.05, 0) is 36.2 Å². The Morgan fingerprint density at radius 2 is 1.76 bits per heavy atom. The maximum atomic E-state index is 6.34. The summed E-state index contributed by atoms with van der Waals surface area (Å²) in [5.74, 6) is 0.363. The van der Waals surface area contributed by atoms with Crippen molar-refractivity contribution >= 4 is 35.1 Å². The lowest BCUT2D eigenvalue weighted by molar-refractivity contribution is 0.541. The van der Waals surface area contributed by atoms with Gasteiger partial charge >= 0.3 is 0 Å². The number of anilines is 1. The molecule has 0 spiro atoms. The molecule has 0 saturated heterocycles. The Morgan fingerprint density at radius 1 is 1.05 bits per heavy atom. The predicted molar refractivity (Wildman–Crippen MR) is 90.4 cm³/mol. The molecular formula is C17H16Cl2N2. The van der Waals surface area contributed by atoms with Crippen molar-refractivity contribution in [1.82, 2.24) is 0 Å². The number of rotatable bonds is 3. The van der Waals surface area contributed by atoms with E-state index in [9.17, 15) is 0 Å². The van der Waals surface area contributed by atoms with Gasteiger partial charge in [-0.2, -0.15) is 5.10 Å². The first-order valence-electron chi connectivity index (χ1n) is 7.04. The van der Waals surface area contributed by atoms with Crippen molar-refractivity contribution < 1.29 is 0 Å². The smallest absolute Gasteiger partial charge is 0.0854 e. The molecule has 108 valence electrons. The molecule has 0 aromatic heterocycles. The Balaban J connectivity index is 2.01. The van der Waals surface area contributed by atoms with Crippen LogP contribution in [0.5, 0.6) is 0 Å². The van der Waals surface area contributed by atoms with Crippen LogP contribution in [0.2, 0.25) is 10.0 Å². The Hall–Kier alpha value is -1.51. The molecule has 0 fully saturated rings. The highest BCUT2D eigenvalue weighted by atomic mass is 35.5. The predicted octanol–water partition coefficient (Wildman–Crippen LogP) is 5.57. The van der Waals surface area contributed by atoms with E-state index < -0.39 is 0 Å². The van der Waals surface area contributed by atoms with Crippen LogP contribution < -0.4 is 5.01 Å². The zero-order valence-corrected chi connectivity index (χ0v) is 13.2. The molecule has 2 aromatic rings. The van der Waals surface area contributed by atoms with Gasteiger partial charge in [0.25, 0.3) is 0 Å². The van der Waals surface area contributed by atoms with Gasteiger partial charge in [-0.15, -0.1) is 0 Å². The second-order valence-corrected chi connectivity index (χ2v) is 5.97. The highest BCUT2D eigenvalue weighted by Crippen LogP contribution is 2.40. The van der Waals surface area contributed by atoms with Crippen molar-refractivity contribution in [3.63, 3.8) is 0 Å². The number of para-hydroxylation sites is 1. The Kier molecular flexibility index (Phi) is 4.18. The highest BCUT2D eigenvalue weighted by Gasteiger charge is 2.32. The lowest BCUT2D eigenvalue weighted by atomic mass is 9.92. The van der Waals surface area contributed by atoms with Crippen molar-refractivity contribution in [3.8, 4) is 0 Å². The Labute approximate surface area is 135 Å². The van der Waals surface area contributed by atoms with E-state index in [1.165, 1.54) is 5.56 Å². The normalized spacial score (nSPS) is 21.0. The molecule has 2 aromatic carbocycles. The second-order valence-electron chi connectivity index (χ2n) is 5.13. The van der Waals surface area contributed by atoms with Gasteiger partial charge in [0.15, 0.2) is 0 Å². The average molecular weight is 319 g/mol. The van der Waals surface area contributed by atoms with Gasteiger partial charge < -0.3 is 0 Å². The summed E-state index contributed by atoms with van der Waals surface area (Å²) in [7, 11) is 0. The lowest BCUT2D eigenvalue weighted by Crippen LogP contribution is -2.24. The molecule has 4 heteroatoms. The van der Waals surface area contributed by atoms with Gasteiger partial charge in [0.2, 0.25) is 0 Å². The topological polar surface area (TPSA) is 15.6 Å². The van der Waals surface area contributed by atoms with E-state index in [1.54, 1.807) is 0 Å². The van der Waals surface area contributed by atoms with Crippen LogP contribution in [-0.2, 0) is 0 Å². The molecule has 1 heterocycles. The Morgan fingerprint density at radius 3 is 2.43 bits per heavy atom. The van der Waals surface area contributed by atoms with Crippen molar-refractivity contribution in [2.45, 2.75) is 19.4 Å². The third kappa shape index (κ3) is 2.78. The van der Waals surface area contributed by atoms with Crippen molar-refractivity contribution in [2.75, 3.05) is 5.01 Å². The standard InChI is InChI=1S/C17H16Cl2N2/c1-2-12-11-20-21(16-6-4-3-5-15(16)19)17(12)13-7-9-14(18)10-8-13/h3-12,17H,2H2,1H3/t12-,17-/m1/s1. The zero-order chi connectivity index (χ0) is 14.8. The molecule has 0 aliphatic carbocycles. The van der Waals surface area contributed by atoms with E-state index in [0.717, 1.165) is 17.1 Å². The minimum Gasteiger partial charge on any atom is -0.256 e. The minimum atomic E-state index is 0.159. The average Bonchev–Trinajstić information content (AvgIpc) is 2.92. The molecule has 0 unspecified atom stereocenters. The molecule has 0 N–H and O–H groups in total. The van der Waals surface area contributed by atoms with Crippen LogP contribution in [-0.4, -0.2) is 6.21 Å². The number of halogens is 2. The van der Waals surface area contributed by atoms with Crippen LogP contribution in [0.3, 0.4) is 0 Å². The quantitative estimate of drug-likeness (QED) is 0.722. The number of hydrogen-bond acceptors (Lipinski definition) is 2. The van der Waals surface area contributed by atoms with E-state index in [1.807, 2.05) is 47.6 Å². The maximum absolute atomic E-state index is 6.34. The number of hydrazone groups is 1. The van der Waals surface area contributed by atoms with Crippen LogP contribution in [0.15, 0.2) is 53.6 Å². The van der Waals surface area contributed by atoms with E-state index in [2.05, 4.69) is 24.2 Å². The summed E-state index contributed by atoms with van der Waals surface area (Å²) in [6.45, 7) is 2.18. The van der Waals surface area contributed by atoms with Crippen LogP contribution in [0.4, 0.5) is 5.69 Å². The summed E-state index contributed by atoms with van der Waals surface area (Å²) >= 11 is 12.3. The highest BCUT2D eigenvalue weighted by molar-refractivity contribution is 6.33. The molecule has 3 rings (SSSR count). The number of nitrogens with zero attached hydrogens (tertiary/aromatic N) is 2. The first kappa shape index (κ1) is 14.4. The maximum Gasteiger partial charge on any atom is 0.0854 e. The summed E-state index contributed by atoms with van der Waals surface area (Å²) in [6.07, 6.45) is 3.04. The zero-order valence-electron chi connectivity index (χ0n) is 11.7. The summed E-state index contributed by atoms with van der Waals surface area (Å²) in [5.41, 5.74) is 2.13. The van der Waals surface area contributed by atoms with Crippen LogP contribution in [0.25, 0.3) is 0 Å². The van der Waals surface area contributed by atoms with E-state index in [0.29, 0.717) is 10.9 Å². The van der Waals surface area contributed by atoms with Gasteiger partial charge in [-0.3, -0.25) is 5.01 Å². The van der Waals surface area contributed by atoms with Gasteiger partial charge in [0.05, 0.1) is 16.8 Å². The molecule has 21 heavy (non-hydrogen) atoms. The molecule has 0 bridgehead atoms. The molecule has 1 aliphatic heterocycles. The third-order valence-electron chi connectivity index (χ3n) is 3.83. The summed E-state index contributed by atoms with van der Waals surface area (Å²) in [5, 5.41) is 8.06. The first-order valence-corrected chi connectivity index (χ1v) is 7.79. The number of hydrogen-bond donors (Lipinski definition) is 0. The summed E-state index contributed by atoms with van der Waals surface area (Å²) in [6, 6.07) is 15.9. The number of benzene rings is 2. The largest absolute Gasteiger partial charge is 0.256 e. The van der Waals surface area contributed by atoms with E-state index >= 15 is 0 Å². The summed E-state index contributed by atoms with van der Waals surface area (Å²) < 4.78 is 0. The van der Waals surface area contributed by atoms with Gasteiger partial charge in [0.1, 0.15) is 0 Å². The third-order valence-corrected chi connectivity index (χ3v) is 4.41. The second kappa shape index (κ2) is 6.08.